The van der Waals surface area contributed by atoms with Gasteiger partial charge in [0.1, 0.15) is 0 Å². The molecule has 56 valence electrons. The quantitative estimate of drug-likeness (QED) is 0.611. The monoisotopic (exact) mass is 193 g/mol. The molecular weight excluding hydrogens is 185 g/mol. The highest BCUT2D eigenvalue weighted by molar-refractivity contribution is 8.11. The van der Waals surface area contributed by atoms with Gasteiger partial charge < -0.3 is 4.67 Å². The topological polar surface area (TPSA) is 55.3 Å². The van der Waals surface area contributed by atoms with Gasteiger partial charge in [0.15, 0.2) is 6.49 Å². The van der Waals surface area contributed by atoms with Crippen molar-refractivity contribution in [2.45, 2.75) is 0 Å². The molecule has 3 nitrogen and oxygen atoms in total. The first kappa shape index (κ1) is 8.30. The Labute approximate surface area is 69.3 Å². The largest absolute Gasteiger partial charge is 0.303 e. The predicted octanol–water partition coefficient (Wildman–Crippen LogP) is 1.12. The van der Waals surface area contributed by atoms with Gasteiger partial charge in [0, 0.05) is 12.4 Å². The molecular formula is C4H8N3PS2. The van der Waals surface area contributed by atoms with Crippen LogP contribution in [0.2, 0.25) is 0 Å². The van der Waals surface area contributed by atoms with Crippen LogP contribution in [0.5, 0.6) is 0 Å². The highest BCUT2D eigenvalue weighted by Crippen LogP contribution is 2.35. The Bertz CT molecular complexity index is 207. The molecule has 4 N–H and O–H groups in total. The first-order chi connectivity index (χ1) is 4.61. The maximum atomic E-state index is 5.53. The van der Waals surface area contributed by atoms with Crippen molar-refractivity contribution in [3.05, 3.63) is 23.2 Å². The maximum Gasteiger partial charge on any atom is 0.162 e. The third kappa shape index (κ3) is 2.11. The Morgan fingerprint density at radius 1 is 1.30 bits per heavy atom. The molecule has 10 heavy (non-hydrogen) atoms. The van der Waals surface area contributed by atoms with Crippen LogP contribution in [0.25, 0.3) is 0 Å². The van der Waals surface area contributed by atoms with E-state index in [9.17, 15) is 0 Å². The summed E-state index contributed by atoms with van der Waals surface area (Å²) in [7, 11) is 0. The van der Waals surface area contributed by atoms with Crippen LogP contribution in [-0.2, 0) is 11.8 Å². The van der Waals surface area contributed by atoms with Gasteiger partial charge in [0.25, 0.3) is 0 Å². The summed E-state index contributed by atoms with van der Waals surface area (Å²) in [6.45, 7) is -2.26. The molecule has 0 aromatic carbocycles. The molecule has 0 radical (unpaired) electrons. The summed E-state index contributed by atoms with van der Waals surface area (Å²) in [5, 5.41) is 3.78. The van der Waals surface area contributed by atoms with E-state index in [1.807, 2.05) is 10.8 Å². The zero-order valence-electron chi connectivity index (χ0n) is 5.18. The van der Waals surface area contributed by atoms with Crippen LogP contribution in [0.4, 0.5) is 0 Å². The lowest BCUT2D eigenvalue weighted by Crippen LogP contribution is -2.19. The first-order valence-electron chi connectivity index (χ1n) is 2.55. The fourth-order valence-corrected chi connectivity index (χ4v) is 2.05. The molecule has 0 amide bonds. The summed E-state index contributed by atoms with van der Waals surface area (Å²) < 4.78 is 1.68. The summed E-state index contributed by atoms with van der Waals surface area (Å²) in [6, 6.07) is 0. The number of thioether (sulfide) groups is 1. The molecule has 6 heteroatoms. The predicted molar refractivity (Wildman–Crippen MR) is 50.4 cm³/mol. The van der Waals surface area contributed by atoms with Gasteiger partial charge >= 0.3 is 0 Å². The van der Waals surface area contributed by atoms with Gasteiger partial charge in [-0.15, -0.1) is 11.8 Å². The molecule has 1 heterocycles. The van der Waals surface area contributed by atoms with Gasteiger partial charge in [-0.2, -0.15) is 0 Å². The van der Waals surface area contributed by atoms with E-state index in [2.05, 4.69) is 0 Å². The normalized spacial score (nSPS) is 18.0. The van der Waals surface area contributed by atoms with Crippen molar-refractivity contribution >= 4 is 30.1 Å². The Hall–Kier alpha value is 0.200. The van der Waals surface area contributed by atoms with E-state index >= 15 is 0 Å². The van der Waals surface area contributed by atoms with E-state index in [0.717, 1.165) is 0 Å². The SMILES string of the molecule is NP(N)(=S)N1C=CSC=C1. The minimum absolute atomic E-state index is 1.57. The smallest absolute Gasteiger partial charge is 0.162 e. The molecule has 1 rings (SSSR count). The lowest BCUT2D eigenvalue weighted by atomic mass is 10.9. The zero-order chi connectivity index (χ0) is 7.61. The van der Waals surface area contributed by atoms with Crippen LogP contribution < -0.4 is 11.0 Å². The molecule has 0 atom stereocenters. The molecule has 1 aliphatic heterocycles. The molecule has 0 fully saturated rings. The minimum atomic E-state index is -2.26. The van der Waals surface area contributed by atoms with Crippen molar-refractivity contribution in [1.82, 2.24) is 4.67 Å². The van der Waals surface area contributed by atoms with Gasteiger partial charge in [-0.3, -0.25) is 11.0 Å². The highest BCUT2D eigenvalue weighted by atomic mass is 32.4. The summed E-state index contributed by atoms with van der Waals surface area (Å²) in [4.78, 5) is 0. The van der Waals surface area contributed by atoms with Crippen molar-refractivity contribution in [1.29, 1.82) is 0 Å². The number of rotatable bonds is 1. The second-order valence-electron chi connectivity index (χ2n) is 1.76. The molecule has 0 aromatic rings. The second-order valence-corrected chi connectivity index (χ2v) is 6.14. The molecule has 0 saturated carbocycles. The first-order valence-corrected chi connectivity index (χ1v) is 6.39. The Morgan fingerprint density at radius 2 is 1.80 bits per heavy atom. The van der Waals surface area contributed by atoms with Crippen molar-refractivity contribution < 1.29 is 0 Å². The zero-order valence-corrected chi connectivity index (χ0v) is 7.70. The van der Waals surface area contributed by atoms with E-state index in [1.165, 1.54) is 0 Å². The average Bonchev–Trinajstić information content (AvgIpc) is 1.88. The molecule has 0 bridgehead atoms. The molecule has 0 aromatic heterocycles. The van der Waals surface area contributed by atoms with Crippen LogP contribution in [0.3, 0.4) is 0 Å². The number of nitrogens with zero attached hydrogens (tertiary/aromatic N) is 1. The van der Waals surface area contributed by atoms with E-state index in [4.69, 9.17) is 22.8 Å². The average molecular weight is 193 g/mol. The summed E-state index contributed by atoms with van der Waals surface area (Å²) >= 11 is 6.46. The van der Waals surface area contributed by atoms with Gasteiger partial charge in [0.05, 0.1) is 0 Å². The van der Waals surface area contributed by atoms with Crippen LogP contribution in [-0.4, -0.2) is 4.67 Å². The minimum Gasteiger partial charge on any atom is -0.303 e. The Morgan fingerprint density at radius 3 is 2.10 bits per heavy atom. The van der Waals surface area contributed by atoms with Crippen molar-refractivity contribution in [3.63, 3.8) is 0 Å². The van der Waals surface area contributed by atoms with Gasteiger partial charge in [-0.1, -0.05) is 0 Å². The van der Waals surface area contributed by atoms with E-state index in [-0.39, 0.29) is 0 Å². The van der Waals surface area contributed by atoms with Gasteiger partial charge in [0.2, 0.25) is 0 Å². The van der Waals surface area contributed by atoms with Crippen molar-refractivity contribution in [2.75, 3.05) is 0 Å². The fourth-order valence-electron chi connectivity index (χ4n) is 0.498. The lowest BCUT2D eigenvalue weighted by Gasteiger charge is -2.24. The van der Waals surface area contributed by atoms with Crippen LogP contribution in [0.1, 0.15) is 0 Å². The molecule has 0 spiro atoms. The summed E-state index contributed by atoms with van der Waals surface area (Å²) in [6.07, 6.45) is 3.59. The summed E-state index contributed by atoms with van der Waals surface area (Å²) in [5.74, 6) is 0. The van der Waals surface area contributed by atoms with Gasteiger partial charge in [-0.25, -0.2) is 0 Å². The van der Waals surface area contributed by atoms with Gasteiger partial charge in [-0.05, 0) is 22.6 Å². The number of nitrogens with two attached hydrogens (primary N) is 2. The standard InChI is InChI=1S/C4H8N3PS2/c5-8(6,9)7-1-3-10-4-2-7/h1-4H,(H4,5,6,9). The van der Waals surface area contributed by atoms with Crippen LogP contribution >= 0.6 is 18.3 Å². The summed E-state index contributed by atoms with van der Waals surface area (Å²) in [5.41, 5.74) is 11.1. The molecule has 0 saturated heterocycles. The van der Waals surface area contributed by atoms with Crippen molar-refractivity contribution in [3.8, 4) is 0 Å². The molecule has 0 aliphatic carbocycles. The van der Waals surface area contributed by atoms with Crippen LogP contribution in [0.15, 0.2) is 23.2 Å². The maximum absolute atomic E-state index is 5.53. The Kier molecular flexibility index (Phi) is 2.55. The number of hydrogen-bond donors (Lipinski definition) is 2. The molecule has 1 aliphatic rings. The van der Waals surface area contributed by atoms with Crippen molar-refractivity contribution in [2.24, 2.45) is 11.0 Å². The lowest BCUT2D eigenvalue weighted by molar-refractivity contribution is 0.820. The van der Waals surface area contributed by atoms with E-state index < -0.39 is 6.49 Å². The Balaban J connectivity index is 2.74. The second kappa shape index (κ2) is 3.07. The third-order valence-electron chi connectivity index (χ3n) is 0.945. The van der Waals surface area contributed by atoms with E-state index in [1.54, 1.807) is 28.8 Å². The third-order valence-corrected chi connectivity index (χ3v) is 3.06. The van der Waals surface area contributed by atoms with E-state index in [0.29, 0.717) is 0 Å². The number of hydrogen-bond acceptors (Lipinski definition) is 2. The highest BCUT2D eigenvalue weighted by Gasteiger charge is 2.09. The fraction of sp³-hybridized carbons (Fsp3) is 0. The van der Waals surface area contributed by atoms with Crippen LogP contribution in [0, 0.1) is 0 Å². The molecule has 0 unspecified atom stereocenters.